The van der Waals surface area contributed by atoms with E-state index in [1.165, 1.54) is 12.8 Å². The van der Waals surface area contributed by atoms with Crippen LogP contribution in [0.25, 0.3) is 0 Å². The van der Waals surface area contributed by atoms with E-state index in [2.05, 4.69) is 19.2 Å². The first-order chi connectivity index (χ1) is 9.02. The molecule has 2 rings (SSSR count). The van der Waals surface area contributed by atoms with E-state index in [1.54, 1.807) is 18.2 Å². The van der Waals surface area contributed by atoms with E-state index >= 15 is 0 Å². The van der Waals surface area contributed by atoms with E-state index in [0.717, 1.165) is 18.0 Å². The number of aromatic carboxylic acids is 1. The SMILES string of the molecule is CCC1CCC(Nc2ccc(C(=O)O)c(Cl)c2)C1C. The van der Waals surface area contributed by atoms with Gasteiger partial charge in [0.05, 0.1) is 10.6 Å². The summed E-state index contributed by atoms with van der Waals surface area (Å²) in [5.74, 6) is 0.436. The number of carbonyl (C=O) groups is 1. The van der Waals surface area contributed by atoms with Gasteiger partial charge in [-0.25, -0.2) is 4.79 Å². The molecule has 4 heteroatoms. The van der Waals surface area contributed by atoms with Crippen LogP contribution in [0.4, 0.5) is 5.69 Å². The van der Waals surface area contributed by atoms with Crippen molar-refractivity contribution < 1.29 is 9.90 Å². The first-order valence-electron chi connectivity index (χ1n) is 6.82. The fourth-order valence-corrected chi connectivity index (χ4v) is 3.28. The molecule has 0 heterocycles. The Morgan fingerprint density at radius 2 is 2.21 bits per heavy atom. The molecular formula is C15H20ClNO2. The largest absolute Gasteiger partial charge is 0.478 e. The van der Waals surface area contributed by atoms with Crippen LogP contribution in [0.1, 0.15) is 43.5 Å². The van der Waals surface area contributed by atoms with Crippen LogP contribution >= 0.6 is 11.6 Å². The second-order valence-corrected chi connectivity index (χ2v) is 5.76. The Morgan fingerprint density at radius 1 is 1.47 bits per heavy atom. The van der Waals surface area contributed by atoms with E-state index in [4.69, 9.17) is 16.7 Å². The molecular weight excluding hydrogens is 262 g/mol. The van der Waals surface area contributed by atoms with Gasteiger partial charge in [0.25, 0.3) is 0 Å². The summed E-state index contributed by atoms with van der Waals surface area (Å²) in [4.78, 5) is 10.9. The molecule has 3 unspecified atom stereocenters. The normalized spacial score (nSPS) is 26.4. The first-order valence-corrected chi connectivity index (χ1v) is 7.20. The number of benzene rings is 1. The Labute approximate surface area is 119 Å². The molecule has 1 fully saturated rings. The number of hydrogen-bond acceptors (Lipinski definition) is 2. The molecule has 104 valence electrons. The smallest absolute Gasteiger partial charge is 0.337 e. The maximum absolute atomic E-state index is 10.9. The van der Waals surface area contributed by atoms with Gasteiger partial charge >= 0.3 is 5.97 Å². The topological polar surface area (TPSA) is 49.3 Å². The maximum atomic E-state index is 10.9. The average molecular weight is 282 g/mol. The van der Waals surface area contributed by atoms with Crippen LogP contribution in [0.5, 0.6) is 0 Å². The molecule has 0 amide bonds. The Balaban J connectivity index is 2.08. The minimum Gasteiger partial charge on any atom is -0.478 e. The lowest BCUT2D eigenvalue weighted by molar-refractivity contribution is 0.0697. The van der Waals surface area contributed by atoms with Gasteiger partial charge in [-0.1, -0.05) is 31.9 Å². The van der Waals surface area contributed by atoms with Gasteiger partial charge in [0.2, 0.25) is 0 Å². The predicted octanol–water partition coefficient (Wildman–Crippen LogP) is 4.27. The highest BCUT2D eigenvalue weighted by Crippen LogP contribution is 2.36. The van der Waals surface area contributed by atoms with Crippen molar-refractivity contribution in [2.24, 2.45) is 11.8 Å². The van der Waals surface area contributed by atoms with Crippen molar-refractivity contribution in [3.05, 3.63) is 28.8 Å². The highest BCUT2D eigenvalue weighted by Gasteiger charge is 2.31. The highest BCUT2D eigenvalue weighted by atomic mass is 35.5. The summed E-state index contributed by atoms with van der Waals surface area (Å²) in [6, 6.07) is 5.51. The Bertz CT molecular complexity index is 475. The van der Waals surface area contributed by atoms with Crippen molar-refractivity contribution >= 4 is 23.3 Å². The summed E-state index contributed by atoms with van der Waals surface area (Å²) < 4.78 is 0. The number of halogens is 1. The number of rotatable bonds is 4. The third-order valence-electron chi connectivity index (χ3n) is 4.30. The van der Waals surface area contributed by atoms with Crippen LogP contribution in [0.2, 0.25) is 5.02 Å². The number of carboxylic acid groups (broad SMARTS) is 1. The standard InChI is InChI=1S/C15H20ClNO2/c1-3-10-4-7-14(9(10)2)17-11-5-6-12(15(18)19)13(16)8-11/h5-6,8-10,14,17H,3-4,7H2,1-2H3,(H,18,19). The third-order valence-corrected chi connectivity index (χ3v) is 4.62. The van der Waals surface area contributed by atoms with Crippen molar-refractivity contribution in [1.82, 2.24) is 0 Å². The zero-order chi connectivity index (χ0) is 14.0. The molecule has 1 aromatic carbocycles. The molecule has 3 atom stereocenters. The fourth-order valence-electron chi connectivity index (χ4n) is 3.02. The van der Waals surface area contributed by atoms with Crippen LogP contribution in [-0.4, -0.2) is 17.1 Å². The number of nitrogens with one attached hydrogen (secondary N) is 1. The summed E-state index contributed by atoms with van der Waals surface area (Å²) in [6.07, 6.45) is 3.65. The molecule has 0 spiro atoms. The number of anilines is 1. The number of carboxylic acids is 1. The molecule has 1 saturated carbocycles. The lowest BCUT2D eigenvalue weighted by Gasteiger charge is -2.22. The molecule has 0 saturated heterocycles. The second-order valence-electron chi connectivity index (χ2n) is 5.36. The zero-order valence-corrected chi connectivity index (χ0v) is 12.1. The van der Waals surface area contributed by atoms with Gasteiger partial charge < -0.3 is 10.4 Å². The highest BCUT2D eigenvalue weighted by molar-refractivity contribution is 6.33. The summed E-state index contributed by atoms with van der Waals surface area (Å²) >= 11 is 5.98. The Morgan fingerprint density at radius 3 is 2.74 bits per heavy atom. The van der Waals surface area contributed by atoms with Gasteiger partial charge in [0, 0.05) is 11.7 Å². The van der Waals surface area contributed by atoms with Crippen LogP contribution in [0.3, 0.4) is 0 Å². The zero-order valence-electron chi connectivity index (χ0n) is 11.3. The van der Waals surface area contributed by atoms with Gasteiger partial charge in [-0.15, -0.1) is 0 Å². The van der Waals surface area contributed by atoms with E-state index in [-0.39, 0.29) is 10.6 Å². The molecule has 0 aliphatic heterocycles. The quantitative estimate of drug-likeness (QED) is 0.866. The second kappa shape index (κ2) is 5.83. The maximum Gasteiger partial charge on any atom is 0.337 e. The summed E-state index contributed by atoms with van der Waals surface area (Å²) in [7, 11) is 0. The summed E-state index contributed by atoms with van der Waals surface area (Å²) in [6.45, 7) is 4.52. The minimum absolute atomic E-state index is 0.151. The molecule has 0 bridgehead atoms. The molecule has 3 nitrogen and oxygen atoms in total. The van der Waals surface area contributed by atoms with E-state index in [0.29, 0.717) is 12.0 Å². The van der Waals surface area contributed by atoms with Crippen LogP contribution < -0.4 is 5.32 Å². The molecule has 1 aliphatic carbocycles. The predicted molar refractivity (Wildman–Crippen MR) is 78.0 cm³/mol. The van der Waals surface area contributed by atoms with Gasteiger partial charge in [0.1, 0.15) is 0 Å². The Kier molecular flexibility index (Phi) is 4.35. The molecule has 1 aliphatic rings. The monoisotopic (exact) mass is 281 g/mol. The molecule has 2 N–H and O–H groups in total. The van der Waals surface area contributed by atoms with Gasteiger partial charge in [0.15, 0.2) is 0 Å². The van der Waals surface area contributed by atoms with Crippen LogP contribution in [0.15, 0.2) is 18.2 Å². The van der Waals surface area contributed by atoms with Crippen molar-refractivity contribution in [3.63, 3.8) is 0 Å². The van der Waals surface area contributed by atoms with Crippen molar-refractivity contribution in [2.75, 3.05) is 5.32 Å². The van der Waals surface area contributed by atoms with E-state index < -0.39 is 5.97 Å². The van der Waals surface area contributed by atoms with Crippen LogP contribution in [-0.2, 0) is 0 Å². The summed E-state index contributed by atoms with van der Waals surface area (Å²) in [5, 5.41) is 12.7. The molecule has 19 heavy (non-hydrogen) atoms. The van der Waals surface area contributed by atoms with Gasteiger partial charge in [-0.3, -0.25) is 0 Å². The molecule has 0 aromatic heterocycles. The van der Waals surface area contributed by atoms with Crippen molar-refractivity contribution in [1.29, 1.82) is 0 Å². The molecule has 0 radical (unpaired) electrons. The minimum atomic E-state index is -0.989. The molecule has 1 aromatic rings. The number of hydrogen-bond donors (Lipinski definition) is 2. The van der Waals surface area contributed by atoms with E-state index in [1.807, 2.05) is 0 Å². The van der Waals surface area contributed by atoms with Crippen molar-refractivity contribution in [2.45, 2.75) is 39.2 Å². The van der Waals surface area contributed by atoms with Gasteiger partial charge in [-0.2, -0.15) is 0 Å². The fraction of sp³-hybridized carbons (Fsp3) is 0.533. The van der Waals surface area contributed by atoms with Crippen LogP contribution in [0, 0.1) is 11.8 Å². The first kappa shape index (κ1) is 14.2. The van der Waals surface area contributed by atoms with Crippen molar-refractivity contribution in [3.8, 4) is 0 Å². The lowest BCUT2D eigenvalue weighted by Crippen LogP contribution is -2.24. The lowest BCUT2D eigenvalue weighted by atomic mass is 9.93. The summed E-state index contributed by atoms with van der Waals surface area (Å²) in [5.41, 5.74) is 1.06. The van der Waals surface area contributed by atoms with Gasteiger partial charge in [-0.05, 0) is 42.9 Å². The average Bonchev–Trinajstić information content (AvgIpc) is 2.70. The Hall–Kier alpha value is -1.22. The third kappa shape index (κ3) is 3.03. The van der Waals surface area contributed by atoms with E-state index in [9.17, 15) is 4.79 Å².